The lowest BCUT2D eigenvalue weighted by atomic mass is 9.91. The van der Waals surface area contributed by atoms with Crippen LogP contribution in [0.25, 0.3) is 0 Å². The minimum atomic E-state index is -0.648. The van der Waals surface area contributed by atoms with Crippen LogP contribution in [0.15, 0.2) is 46.0 Å². The van der Waals surface area contributed by atoms with E-state index in [2.05, 4.69) is 40.8 Å². The van der Waals surface area contributed by atoms with Gasteiger partial charge in [0, 0.05) is 24.5 Å². The van der Waals surface area contributed by atoms with Gasteiger partial charge < -0.3 is 14.0 Å². The van der Waals surface area contributed by atoms with Crippen LogP contribution in [0.5, 0.6) is 0 Å². The van der Waals surface area contributed by atoms with Crippen molar-refractivity contribution in [2.45, 2.75) is 58.2 Å². The Bertz CT molecular complexity index is 800. The molecule has 5 heteroatoms. The topological polar surface area (TPSA) is 48.1 Å². The predicted molar refractivity (Wildman–Crippen MR) is 102 cm³/mol. The molecule has 0 spiro atoms. The number of nitrogens with zero attached hydrogens (tertiary/aromatic N) is 3. The standard InChI is InChI=1S/C20H27N3O2/c1-12(2)15-11-16(17-20(15,6)25-19(4,5)24-17)23-10-9-14(13(3)21-7)18(23)22-8/h9-11,16-17H,1,8H2,2-7H3/t16-,17+,20-/m1/s1. The first-order valence-electron chi connectivity index (χ1n) is 8.52. The Hall–Kier alpha value is -1.98. The van der Waals surface area contributed by atoms with Crippen molar-refractivity contribution in [2.24, 2.45) is 9.98 Å². The highest BCUT2D eigenvalue weighted by Crippen LogP contribution is 2.53. The lowest BCUT2D eigenvalue weighted by molar-refractivity contribution is -0.157. The van der Waals surface area contributed by atoms with Crippen molar-refractivity contribution in [3.05, 3.63) is 41.6 Å². The summed E-state index contributed by atoms with van der Waals surface area (Å²) in [5.41, 5.74) is 3.45. The van der Waals surface area contributed by atoms with Gasteiger partial charge in [0.05, 0.1) is 6.04 Å². The van der Waals surface area contributed by atoms with Gasteiger partial charge in [-0.3, -0.25) is 4.99 Å². The van der Waals surface area contributed by atoms with E-state index in [9.17, 15) is 0 Å². The lowest BCUT2D eigenvalue weighted by Gasteiger charge is -2.28. The Morgan fingerprint density at radius 1 is 1.28 bits per heavy atom. The van der Waals surface area contributed by atoms with E-state index in [1.165, 1.54) is 0 Å². The van der Waals surface area contributed by atoms with Gasteiger partial charge in [-0.25, -0.2) is 4.99 Å². The van der Waals surface area contributed by atoms with Gasteiger partial charge in [0.2, 0.25) is 0 Å². The van der Waals surface area contributed by atoms with Crippen molar-refractivity contribution in [1.82, 2.24) is 4.57 Å². The molecule has 2 aliphatic rings. The van der Waals surface area contributed by atoms with E-state index in [0.717, 1.165) is 28.2 Å². The second-order valence-electron chi connectivity index (χ2n) is 7.43. The summed E-state index contributed by atoms with van der Waals surface area (Å²) in [6, 6.07) is 1.98. The first kappa shape index (κ1) is 17.8. The summed E-state index contributed by atoms with van der Waals surface area (Å²) in [6.45, 7) is 17.9. The average molecular weight is 341 g/mol. The monoisotopic (exact) mass is 341 g/mol. The molecule has 0 unspecified atom stereocenters. The molecule has 1 aliphatic heterocycles. The second kappa shape index (κ2) is 5.78. The molecular formula is C20H27N3O2. The highest BCUT2D eigenvalue weighted by molar-refractivity contribution is 6.02. The number of ether oxygens (including phenoxy) is 2. The molecule has 1 aliphatic carbocycles. The summed E-state index contributed by atoms with van der Waals surface area (Å²) in [5.74, 6) is 0.147. The van der Waals surface area contributed by atoms with Gasteiger partial charge in [0.15, 0.2) is 5.79 Å². The zero-order chi connectivity index (χ0) is 18.6. The minimum Gasteiger partial charge on any atom is -0.341 e. The lowest BCUT2D eigenvalue weighted by Crippen LogP contribution is -2.38. The first-order valence-corrected chi connectivity index (χ1v) is 8.52. The highest BCUT2D eigenvalue weighted by Gasteiger charge is 2.59. The van der Waals surface area contributed by atoms with E-state index in [0.29, 0.717) is 0 Å². The molecule has 0 aromatic carbocycles. The predicted octanol–water partition coefficient (Wildman–Crippen LogP) is 4.23. The molecule has 134 valence electrons. The third-order valence-electron chi connectivity index (χ3n) is 5.14. The van der Waals surface area contributed by atoms with Crippen molar-refractivity contribution < 1.29 is 9.47 Å². The molecule has 0 bridgehead atoms. The molecule has 1 saturated heterocycles. The Balaban J connectivity index is 2.14. The van der Waals surface area contributed by atoms with Gasteiger partial charge in [-0.05, 0) is 53.0 Å². The number of hydrogen-bond donors (Lipinski definition) is 0. The molecule has 5 nitrogen and oxygen atoms in total. The SMILES string of the molecule is C=Nc1c(C(C)=NC)ccn1[C@@H]1C=C(C(=C)C)[C@@]2(C)OC(C)(C)O[C@@H]12. The van der Waals surface area contributed by atoms with Crippen molar-refractivity contribution in [3.8, 4) is 0 Å². The summed E-state index contributed by atoms with van der Waals surface area (Å²) in [6.07, 6.45) is 4.04. The van der Waals surface area contributed by atoms with Crippen molar-refractivity contribution in [3.63, 3.8) is 0 Å². The van der Waals surface area contributed by atoms with Crippen LogP contribution < -0.4 is 0 Å². The van der Waals surface area contributed by atoms with Crippen molar-refractivity contribution >= 4 is 18.2 Å². The first-order chi connectivity index (χ1) is 11.6. The van der Waals surface area contributed by atoms with Crippen molar-refractivity contribution in [1.29, 1.82) is 0 Å². The number of fused-ring (bicyclic) bond motifs is 1. The molecule has 0 amide bonds. The summed E-state index contributed by atoms with van der Waals surface area (Å²) in [4.78, 5) is 8.56. The zero-order valence-electron chi connectivity index (χ0n) is 16.0. The molecule has 1 fully saturated rings. The fourth-order valence-electron chi connectivity index (χ4n) is 4.08. The van der Waals surface area contributed by atoms with Crippen LogP contribution in [0.2, 0.25) is 0 Å². The molecule has 0 radical (unpaired) electrons. The molecule has 25 heavy (non-hydrogen) atoms. The molecule has 0 saturated carbocycles. The van der Waals surface area contributed by atoms with E-state index in [4.69, 9.17) is 9.47 Å². The molecule has 2 heterocycles. The fraction of sp³-hybridized carbons (Fsp3) is 0.500. The number of aromatic nitrogens is 1. The number of rotatable bonds is 4. The molecule has 1 aromatic rings. The Morgan fingerprint density at radius 2 is 1.96 bits per heavy atom. The fourth-order valence-corrected chi connectivity index (χ4v) is 4.08. The largest absolute Gasteiger partial charge is 0.341 e. The molecular weight excluding hydrogens is 314 g/mol. The maximum atomic E-state index is 6.30. The second-order valence-corrected chi connectivity index (χ2v) is 7.43. The third-order valence-corrected chi connectivity index (χ3v) is 5.14. The summed E-state index contributed by atoms with van der Waals surface area (Å²) in [7, 11) is 1.78. The van der Waals surface area contributed by atoms with Gasteiger partial charge in [0.25, 0.3) is 0 Å². The number of aliphatic imine (C=N–C) groups is 2. The average Bonchev–Trinajstić information content (AvgIpc) is 3.12. The normalized spacial score (nSPS) is 31.0. The maximum absolute atomic E-state index is 6.30. The summed E-state index contributed by atoms with van der Waals surface area (Å²) >= 11 is 0. The van der Waals surface area contributed by atoms with Gasteiger partial charge in [-0.2, -0.15) is 0 Å². The summed E-state index contributed by atoms with van der Waals surface area (Å²) in [5, 5.41) is 0. The van der Waals surface area contributed by atoms with Crippen LogP contribution in [-0.2, 0) is 9.47 Å². The van der Waals surface area contributed by atoms with Crippen LogP contribution in [-0.4, -0.2) is 41.5 Å². The summed E-state index contributed by atoms with van der Waals surface area (Å²) < 4.78 is 14.7. The minimum absolute atomic E-state index is 0.0441. The van der Waals surface area contributed by atoms with E-state index >= 15 is 0 Å². The van der Waals surface area contributed by atoms with E-state index < -0.39 is 11.4 Å². The van der Waals surface area contributed by atoms with E-state index in [-0.39, 0.29) is 12.1 Å². The molecule has 3 rings (SSSR count). The van der Waals surface area contributed by atoms with Crippen LogP contribution in [0, 0.1) is 0 Å². The highest BCUT2D eigenvalue weighted by atomic mass is 16.8. The van der Waals surface area contributed by atoms with Gasteiger partial charge in [-0.15, -0.1) is 0 Å². The number of hydrogen-bond acceptors (Lipinski definition) is 4. The van der Waals surface area contributed by atoms with E-state index in [1.54, 1.807) is 7.05 Å². The quantitative estimate of drug-likeness (QED) is 0.770. The Kier molecular flexibility index (Phi) is 4.12. The Labute approximate surface area is 149 Å². The molecule has 3 atom stereocenters. The zero-order valence-corrected chi connectivity index (χ0v) is 16.0. The van der Waals surface area contributed by atoms with Crippen LogP contribution >= 0.6 is 0 Å². The van der Waals surface area contributed by atoms with E-state index in [1.807, 2.05) is 40.0 Å². The maximum Gasteiger partial charge on any atom is 0.164 e. The van der Waals surface area contributed by atoms with Crippen LogP contribution in [0.1, 0.15) is 46.2 Å². The van der Waals surface area contributed by atoms with Gasteiger partial charge >= 0.3 is 0 Å². The third kappa shape index (κ3) is 2.62. The van der Waals surface area contributed by atoms with Gasteiger partial charge in [-0.1, -0.05) is 18.2 Å². The molecule has 0 N–H and O–H groups in total. The van der Waals surface area contributed by atoms with Crippen molar-refractivity contribution in [2.75, 3.05) is 7.05 Å². The van der Waals surface area contributed by atoms with Crippen LogP contribution in [0.3, 0.4) is 0 Å². The Morgan fingerprint density at radius 3 is 2.52 bits per heavy atom. The van der Waals surface area contributed by atoms with Crippen LogP contribution in [0.4, 0.5) is 5.82 Å². The van der Waals surface area contributed by atoms with Gasteiger partial charge in [0.1, 0.15) is 17.5 Å². The molecule has 1 aromatic heterocycles. The smallest absolute Gasteiger partial charge is 0.164 e.